The average molecular weight is 293 g/mol. The molecule has 0 aromatic heterocycles. The van der Waals surface area contributed by atoms with Gasteiger partial charge in [-0.3, -0.25) is 14.9 Å². The van der Waals surface area contributed by atoms with Gasteiger partial charge in [-0.1, -0.05) is 0 Å². The lowest BCUT2D eigenvalue weighted by Crippen LogP contribution is -2.46. The van der Waals surface area contributed by atoms with Crippen LogP contribution < -0.4 is 15.4 Å². The third-order valence-electron chi connectivity index (χ3n) is 3.78. The van der Waals surface area contributed by atoms with Crippen LogP contribution in [0.2, 0.25) is 0 Å². The van der Waals surface area contributed by atoms with E-state index in [2.05, 4.69) is 10.6 Å². The number of rotatable bonds is 4. The molecule has 1 aliphatic heterocycles. The molecule has 1 atom stereocenters. The molecule has 0 radical (unpaired) electrons. The van der Waals surface area contributed by atoms with Crippen LogP contribution in [0.25, 0.3) is 0 Å². The first-order valence-corrected chi connectivity index (χ1v) is 6.81. The van der Waals surface area contributed by atoms with Crippen molar-refractivity contribution in [2.24, 2.45) is 5.41 Å². The number of nitro groups is 1. The lowest BCUT2D eigenvalue weighted by molar-refractivity contribution is -0.385. The first-order valence-electron chi connectivity index (χ1n) is 6.81. The van der Waals surface area contributed by atoms with Crippen molar-refractivity contribution in [3.63, 3.8) is 0 Å². The van der Waals surface area contributed by atoms with Gasteiger partial charge in [0.2, 0.25) is 5.91 Å². The van der Waals surface area contributed by atoms with Crippen molar-refractivity contribution in [1.29, 1.82) is 0 Å². The summed E-state index contributed by atoms with van der Waals surface area (Å²) in [6, 6.07) is 4.40. The van der Waals surface area contributed by atoms with Crippen LogP contribution in [0.4, 0.5) is 11.4 Å². The van der Waals surface area contributed by atoms with E-state index in [1.807, 2.05) is 6.92 Å². The number of hydrogen-bond acceptors (Lipinski definition) is 5. The molecule has 1 fully saturated rings. The van der Waals surface area contributed by atoms with Crippen molar-refractivity contribution >= 4 is 17.3 Å². The number of hydrogen-bond donors (Lipinski definition) is 2. The fourth-order valence-electron chi connectivity index (χ4n) is 2.44. The normalized spacial score (nSPS) is 21.6. The quantitative estimate of drug-likeness (QED) is 0.653. The number of anilines is 1. The van der Waals surface area contributed by atoms with Crippen LogP contribution in [-0.2, 0) is 4.79 Å². The number of nitrogens with one attached hydrogen (secondary N) is 2. The number of methoxy groups -OCH3 is 1. The van der Waals surface area contributed by atoms with E-state index in [1.54, 1.807) is 6.07 Å². The molecule has 0 saturated carbocycles. The third-order valence-corrected chi connectivity index (χ3v) is 3.78. The fraction of sp³-hybridized carbons (Fsp3) is 0.500. The number of amides is 1. The molecule has 1 aromatic rings. The van der Waals surface area contributed by atoms with Gasteiger partial charge in [-0.25, -0.2) is 0 Å². The second-order valence-electron chi connectivity index (χ2n) is 5.44. The Hall–Kier alpha value is -2.15. The summed E-state index contributed by atoms with van der Waals surface area (Å²) in [5, 5.41) is 16.9. The maximum absolute atomic E-state index is 12.4. The van der Waals surface area contributed by atoms with Crippen LogP contribution in [0.3, 0.4) is 0 Å². The number of carbonyl (C=O) groups excluding carboxylic acids is 1. The summed E-state index contributed by atoms with van der Waals surface area (Å²) in [4.78, 5) is 22.8. The lowest BCUT2D eigenvalue weighted by atomic mass is 9.82. The van der Waals surface area contributed by atoms with Crippen LogP contribution >= 0.6 is 0 Å². The number of benzene rings is 1. The molecular formula is C14H19N3O4. The fourth-order valence-corrected chi connectivity index (χ4v) is 2.44. The second kappa shape index (κ2) is 6.09. The Balaban J connectivity index is 2.17. The number of piperidine rings is 1. The van der Waals surface area contributed by atoms with E-state index in [4.69, 9.17) is 4.74 Å². The summed E-state index contributed by atoms with van der Waals surface area (Å²) in [6.07, 6.45) is 1.73. The highest BCUT2D eigenvalue weighted by molar-refractivity contribution is 5.95. The van der Waals surface area contributed by atoms with Gasteiger partial charge in [-0.05, 0) is 38.4 Å². The molecule has 1 unspecified atom stereocenters. The van der Waals surface area contributed by atoms with Gasteiger partial charge < -0.3 is 15.4 Å². The Morgan fingerprint density at radius 3 is 2.86 bits per heavy atom. The predicted molar refractivity (Wildman–Crippen MR) is 78.5 cm³/mol. The number of ether oxygens (including phenoxy) is 1. The van der Waals surface area contributed by atoms with E-state index in [0.29, 0.717) is 12.2 Å². The van der Waals surface area contributed by atoms with E-state index in [9.17, 15) is 14.9 Å². The standard InChI is InChI=1S/C14H19N3O4/c1-14(6-3-7-15-9-14)13(18)16-10-4-5-12(21-2)11(8-10)17(19)20/h4-5,8,15H,3,6-7,9H2,1-2H3,(H,16,18). The summed E-state index contributed by atoms with van der Waals surface area (Å²) in [7, 11) is 1.37. The van der Waals surface area contributed by atoms with Crippen LogP contribution in [0.15, 0.2) is 18.2 Å². The van der Waals surface area contributed by atoms with Crippen molar-refractivity contribution in [2.75, 3.05) is 25.5 Å². The Kier molecular flexibility index (Phi) is 4.42. The molecule has 7 heteroatoms. The molecule has 1 heterocycles. The summed E-state index contributed by atoms with van der Waals surface area (Å²) < 4.78 is 4.94. The Bertz CT molecular complexity index is 553. The van der Waals surface area contributed by atoms with Crippen molar-refractivity contribution < 1.29 is 14.5 Å². The van der Waals surface area contributed by atoms with E-state index in [0.717, 1.165) is 19.4 Å². The maximum Gasteiger partial charge on any atom is 0.312 e. The zero-order valence-electron chi connectivity index (χ0n) is 12.1. The highest BCUT2D eigenvalue weighted by atomic mass is 16.6. The first-order chi connectivity index (χ1) is 9.96. The summed E-state index contributed by atoms with van der Waals surface area (Å²) in [5.74, 6) is 0.0395. The van der Waals surface area contributed by atoms with E-state index >= 15 is 0 Å². The van der Waals surface area contributed by atoms with E-state index in [1.165, 1.54) is 19.2 Å². The Morgan fingerprint density at radius 1 is 1.52 bits per heavy atom. The molecule has 1 aliphatic rings. The first kappa shape index (κ1) is 15.2. The van der Waals surface area contributed by atoms with Crippen LogP contribution in [0.1, 0.15) is 19.8 Å². The SMILES string of the molecule is COc1ccc(NC(=O)C2(C)CCCNC2)cc1[N+](=O)[O-]. The smallest absolute Gasteiger partial charge is 0.312 e. The summed E-state index contributed by atoms with van der Waals surface area (Å²) >= 11 is 0. The van der Waals surface area contributed by atoms with Crippen molar-refractivity contribution in [3.8, 4) is 5.75 Å². The van der Waals surface area contributed by atoms with Gasteiger partial charge in [0.25, 0.3) is 0 Å². The molecule has 0 spiro atoms. The molecule has 114 valence electrons. The average Bonchev–Trinajstić information content (AvgIpc) is 2.47. The molecule has 2 N–H and O–H groups in total. The molecule has 7 nitrogen and oxygen atoms in total. The Morgan fingerprint density at radius 2 is 2.29 bits per heavy atom. The molecular weight excluding hydrogens is 274 g/mol. The topological polar surface area (TPSA) is 93.5 Å². The number of nitrogens with zero attached hydrogens (tertiary/aromatic N) is 1. The second-order valence-corrected chi connectivity index (χ2v) is 5.44. The molecule has 1 aromatic carbocycles. The van der Waals surface area contributed by atoms with Crippen LogP contribution in [-0.4, -0.2) is 31.0 Å². The Labute approximate surface area is 122 Å². The minimum absolute atomic E-state index is 0.130. The summed E-state index contributed by atoms with van der Waals surface area (Å²) in [6.45, 7) is 3.42. The summed E-state index contributed by atoms with van der Waals surface area (Å²) in [5.41, 5.74) is -0.256. The van der Waals surface area contributed by atoms with Gasteiger partial charge in [-0.2, -0.15) is 0 Å². The molecule has 1 saturated heterocycles. The monoisotopic (exact) mass is 293 g/mol. The van der Waals surface area contributed by atoms with Crippen molar-refractivity contribution in [1.82, 2.24) is 5.32 Å². The zero-order chi connectivity index (χ0) is 15.5. The minimum atomic E-state index is -0.529. The van der Waals surface area contributed by atoms with E-state index < -0.39 is 10.3 Å². The van der Waals surface area contributed by atoms with Crippen LogP contribution in [0, 0.1) is 15.5 Å². The van der Waals surface area contributed by atoms with Gasteiger partial charge in [0.1, 0.15) is 0 Å². The highest BCUT2D eigenvalue weighted by Gasteiger charge is 2.34. The van der Waals surface area contributed by atoms with Gasteiger partial charge >= 0.3 is 5.69 Å². The van der Waals surface area contributed by atoms with Gasteiger partial charge in [0, 0.05) is 18.3 Å². The van der Waals surface area contributed by atoms with Crippen molar-refractivity contribution in [2.45, 2.75) is 19.8 Å². The van der Waals surface area contributed by atoms with Crippen LogP contribution in [0.5, 0.6) is 5.75 Å². The minimum Gasteiger partial charge on any atom is -0.490 e. The number of carbonyl (C=O) groups is 1. The molecule has 0 aliphatic carbocycles. The zero-order valence-corrected chi connectivity index (χ0v) is 12.1. The van der Waals surface area contributed by atoms with E-state index in [-0.39, 0.29) is 17.3 Å². The molecule has 21 heavy (non-hydrogen) atoms. The van der Waals surface area contributed by atoms with Gasteiger partial charge in [0.05, 0.1) is 17.4 Å². The molecule has 1 amide bonds. The number of nitro benzene ring substituents is 1. The maximum atomic E-state index is 12.4. The molecule has 0 bridgehead atoms. The highest BCUT2D eigenvalue weighted by Crippen LogP contribution is 2.31. The predicted octanol–water partition coefficient (Wildman–Crippen LogP) is 1.93. The van der Waals surface area contributed by atoms with Gasteiger partial charge in [0.15, 0.2) is 5.75 Å². The largest absolute Gasteiger partial charge is 0.490 e. The van der Waals surface area contributed by atoms with Crippen molar-refractivity contribution in [3.05, 3.63) is 28.3 Å². The third kappa shape index (κ3) is 3.30. The molecule has 2 rings (SSSR count). The van der Waals surface area contributed by atoms with Gasteiger partial charge in [-0.15, -0.1) is 0 Å². The lowest BCUT2D eigenvalue weighted by Gasteiger charge is -2.32.